The second-order valence-electron chi connectivity index (χ2n) is 5.55. The third-order valence-corrected chi connectivity index (χ3v) is 3.73. The fourth-order valence-corrected chi connectivity index (χ4v) is 2.65. The normalized spacial score (nSPS) is 11.0. The average molecular weight is 312 g/mol. The molecular weight excluding hydrogens is 288 g/mol. The van der Waals surface area contributed by atoms with Crippen molar-refractivity contribution in [2.45, 2.75) is 19.8 Å². The van der Waals surface area contributed by atoms with Crippen LogP contribution in [-0.4, -0.2) is 21.3 Å². The molecule has 0 saturated carbocycles. The van der Waals surface area contributed by atoms with Crippen LogP contribution in [0.4, 0.5) is 0 Å². The summed E-state index contributed by atoms with van der Waals surface area (Å²) in [7, 11) is 5.00. The van der Waals surface area contributed by atoms with Crippen LogP contribution in [0.2, 0.25) is 0 Å². The van der Waals surface area contributed by atoms with Crippen LogP contribution in [0, 0.1) is 0 Å². The Balaban J connectivity index is 2.57. The Kier molecular flexibility index (Phi) is 5.69. The topological polar surface area (TPSA) is 27.7 Å². The Bertz CT molecular complexity index is 673. The molecule has 0 unspecified atom stereocenters. The minimum atomic E-state index is 0.265. The molecule has 0 saturated heterocycles. The van der Waals surface area contributed by atoms with E-state index in [1.807, 2.05) is 36.4 Å². The average Bonchev–Trinajstić information content (AvgIpc) is 2.58. The highest BCUT2D eigenvalue weighted by Gasteiger charge is 2.21. The molecule has 2 aromatic rings. The van der Waals surface area contributed by atoms with Crippen LogP contribution in [0.1, 0.15) is 36.5 Å². The smallest absolute Gasteiger partial charge is 0.168 e. The highest BCUT2D eigenvalue weighted by atomic mass is 16.5. The zero-order chi connectivity index (χ0) is 16.8. The van der Waals surface area contributed by atoms with E-state index < -0.39 is 0 Å². The van der Waals surface area contributed by atoms with E-state index in [4.69, 9.17) is 14.2 Å². The summed E-state index contributed by atoms with van der Waals surface area (Å²) in [6.45, 7) is 4.22. The summed E-state index contributed by atoms with van der Waals surface area (Å²) in [5, 5.41) is 0. The van der Waals surface area contributed by atoms with Gasteiger partial charge in [0.2, 0.25) is 0 Å². The van der Waals surface area contributed by atoms with Gasteiger partial charge in [-0.2, -0.15) is 0 Å². The van der Waals surface area contributed by atoms with E-state index in [-0.39, 0.29) is 5.92 Å². The van der Waals surface area contributed by atoms with Crippen molar-refractivity contribution in [3.8, 4) is 17.2 Å². The molecule has 3 nitrogen and oxygen atoms in total. The van der Waals surface area contributed by atoms with E-state index in [0.29, 0.717) is 0 Å². The number of methoxy groups -OCH3 is 3. The summed E-state index contributed by atoms with van der Waals surface area (Å²) in [5.74, 6) is 2.53. The molecule has 0 fully saturated rings. The molecule has 0 bridgehead atoms. The molecule has 2 aromatic carbocycles. The van der Waals surface area contributed by atoms with Crippen LogP contribution in [0.5, 0.6) is 17.2 Å². The van der Waals surface area contributed by atoms with Gasteiger partial charge in [0.15, 0.2) is 11.5 Å². The van der Waals surface area contributed by atoms with Gasteiger partial charge in [-0.3, -0.25) is 0 Å². The lowest BCUT2D eigenvalue weighted by atomic mass is 9.97. The van der Waals surface area contributed by atoms with Gasteiger partial charge in [0.25, 0.3) is 0 Å². The first-order valence-corrected chi connectivity index (χ1v) is 7.68. The lowest BCUT2D eigenvalue weighted by molar-refractivity contribution is 0.341. The first-order valence-electron chi connectivity index (χ1n) is 7.68. The van der Waals surface area contributed by atoms with Gasteiger partial charge < -0.3 is 14.2 Å². The molecule has 23 heavy (non-hydrogen) atoms. The maximum Gasteiger partial charge on any atom is 0.168 e. The molecule has 122 valence electrons. The lowest BCUT2D eigenvalue weighted by Crippen LogP contribution is -2.03. The first-order chi connectivity index (χ1) is 11.1. The van der Waals surface area contributed by atoms with Gasteiger partial charge in [-0.25, -0.2) is 0 Å². The zero-order valence-electron chi connectivity index (χ0n) is 14.4. The summed E-state index contributed by atoms with van der Waals surface area (Å²) >= 11 is 0. The predicted octanol–water partition coefficient (Wildman–Crippen LogP) is 5.01. The van der Waals surface area contributed by atoms with Crippen molar-refractivity contribution in [3.63, 3.8) is 0 Å². The van der Waals surface area contributed by atoms with E-state index in [9.17, 15) is 0 Å². The largest absolute Gasteiger partial charge is 0.496 e. The van der Waals surface area contributed by atoms with E-state index in [1.54, 1.807) is 21.3 Å². The summed E-state index contributed by atoms with van der Waals surface area (Å²) in [6.07, 6.45) is 4.06. The van der Waals surface area contributed by atoms with Crippen LogP contribution < -0.4 is 14.2 Å². The van der Waals surface area contributed by atoms with Crippen molar-refractivity contribution in [2.24, 2.45) is 0 Å². The number of ether oxygens (including phenoxy) is 3. The van der Waals surface area contributed by atoms with E-state index in [0.717, 1.165) is 33.9 Å². The molecule has 0 aliphatic heterocycles. The van der Waals surface area contributed by atoms with Gasteiger partial charge in [-0.1, -0.05) is 56.3 Å². The van der Waals surface area contributed by atoms with Crippen LogP contribution in [0.25, 0.3) is 12.2 Å². The Hall–Kier alpha value is -2.42. The molecule has 0 spiro atoms. The number of hydrogen-bond acceptors (Lipinski definition) is 3. The van der Waals surface area contributed by atoms with E-state index >= 15 is 0 Å². The Morgan fingerprint density at radius 1 is 0.826 bits per heavy atom. The highest BCUT2D eigenvalue weighted by Crippen LogP contribution is 2.44. The molecule has 0 radical (unpaired) electrons. The summed E-state index contributed by atoms with van der Waals surface area (Å²) in [6, 6.07) is 12.1. The molecule has 0 aromatic heterocycles. The molecule has 0 aliphatic rings. The Morgan fingerprint density at radius 2 is 1.48 bits per heavy atom. The summed E-state index contributed by atoms with van der Waals surface area (Å²) in [4.78, 5) is 0. The fourth-order valence-electron chi connectivity index (χ4n) is 2.65. The van der Waals surface area contributed by atoms with Crippen molar-refractivity contribution >= 4 is 12.2 Å². The molecule has 0 atom stereocenters. The Morgan fingerprint density at radius 3 is 2.00 bits per heavy atom. The van der Waals surface area contributed by atoms with Gasteiger partial charge >= 0.3 is 0 Å². The lowest BCUT2D eigenvalue weighted by Gasteiger charge is -2.20. The minimum absolute atomic E-state index is 0.265. The van der Waals surface area contributed by atoms with Gasteiger partial charge in [0.05, 0.1) is 21.3 Å². The monoisotopic (exact) mass is 312 g/mol. The fraction of sp³-hybridized carbons (Fsp3) is 0.300. The summed E-state index contributed by atoms with van der Waals surface area (Å²) < 4.78 is 16.8. The van der Waals surface area contributed by atoms with Crippen molar-refractivity contribution in [1.29, 1.82) is 0 Å². The number of benzene rings is 2. The van der Waals surface area contributed by atoms with Crippen molar-refractivity contribution in [1.82, 2.24) is 0 Å². The second-order valence-corrected chi connectivity index (χ2v) is 5.55. The molecule has 0 heterocycles. The third kappa shape index (κ3) is 3.67. The van der Waals surface area contributed by atoms with Crippen LogP contribution in [-0.2, 0) is 0 Å². The Labute approximate surface area is 138 Å². The van der Waals surface area contributed by atoms with Crippen LogP contribution in [0.3, 0.4) is 0 Å². The highest BCUT2D eigenvalue weighted by molar-refractivity contribution is 5.77. The number of rotatable bonds is 6. The van der Waals surface area contributed by atoms with Crippen LogP contribution in [0.15, 0.2) is 36.4 Å². The van der Waals surface area contributed by atoms with Crippen molar-refractivity contribution in [3.05, 3.63) is 53.1 Å². The van der Waals surface area contributed by atoms with Gasteiger partial charge in [0, 0.05) is 11.1 Å². The maximum absolute atomic E-state index is 5.62. The second kappa shape index (κ2) is 7.73. The summed E-state index contributed by atoms with van der Waals surface area (Å²) in [5.41, 5.74) is 3.07. The number of hydrogen-bond donors (Lipinski definition) is 0. The molecule has 0 N–H and O–H groups in total. The van der Waals surface area contributed by atoms with Crippen molar-refractivity contribution in [2.75, 3.05) is 21.3 Å². The molecular formula is C20H24O3. The van der Waals surface area contributed by atoms with Gasteiger partial charge in [-0.15, -0.1) is 0 Å². The predicted molar refractivity (Wildman–Crippen MR) is 95.6 cm³/mol. The first kappa shape index (κ1) is 16.9. The van der Waals surface area contributed by atoms with Crippen molar-refractivity contribution < 1.29 is 14.2 Å². The SMILES string of the molecule is COc1cc(/C=C/c2ccccc2)c(OC)c(OC)c1C(C)C. The minimum Gasteiger partial charge on any atom is -0.496 e. The van der Waals surface area contributed by atoms with Gasteiger partial charge in [-0.05, 0) is 17.5 Å². The van der Waals surface area contributed by atoms with E-state index in [2.05, 4.69) is 26.0 Å². The molecule has 0 aliphatic carbocycles. The maximum atomic E-state index is 5.62. The standard InChI is InChI=1S/C20H24O3/c1-14(2)18-17(21-3)13-16(19(22-4)20(18)23-5)12-11-15-9-7-6-8-10-15/h6-14H,1-5H3/b12-11+. The molecule has 2 rings (SSSR count). The van der Waals surface area contributed by atoms with E-state index in [1.165, 1.54) is 0 Å². The quantitative estimate of drug-likeness (QED) is 0.702. The third-order valence-electron chi connectivity index (χ3n) is 3.73. The zero-order valence-corrected chi connectivity index (χ0v) is 14.4. The van der Waals surface area contributed by atoms with Crippen LogP contribution >= 0.6 is 0 Å². The van der Waals surface area contributed by atoms with Gasteiger partial charge in [0.1, 0.15) is 5.75 Å². The molecule has 3 heteroatoms. The molecule has 0 amide bonds.